The fraction of sp³-hybridized carbons (Fsp3) is 0.480. The monoisotopic (exact) mass is 470 g/mol. The highest BCUT2D eigenvalue weighted by atomic mass is 32.2. The van der Waals surface area contributed by atoms with E-state index in [4.69, 9.17) is 9.88 Å². The van der Waals surface area contributed by atoms with Gasteiger partial charge in [-0.2, -0.15) is 8.42 Å². The molecule has 33 heavy (non-hydrogen) atoms. The summed E-state index contributed by atoms with van der Waals surface area (Å²) in [6.45, 7) is 2.28. The van der Waals surface area contributed by atoms with Crippen LogP contribution in [0.3, 0.4) is 0 Å². The normalized spacial score (nSPS) is 30.6. The van der Waals surface area contributed by atoms with E-state index in [0.29, 0.717) is 34.8 Å². The predicted octanol–water partition coefficient (Wildman–Crippen LogP) is 4.09. The number of fused-ring (bicyclic) bond motifs is 5. The van der Waals surface area contributed by atoms with Crippen LogP contribution in [-0.2, 0) is 21.4 Å². The van der Waals surface area contributed by atoms with Crippen molar-refractivity contribution < 1.29 is 23.1 Å². The van der Waals surface area contributed by atoms with Gasteiger partial charge in [0, 0.05) is 11.1 Å². The Labute approximate surface area is 194 Å². The molecule has 8 heteroatoms. The smallest absolute Gasteiger partial charge is 0.338 e. The van der Waals surface area contributed by atoms with Gasteiger partial charge in [0.2, 0.25) is 0 Å². The number of nitrogens with one attached hydrogen (secondary N) is 1. The summed E-state index contributed by atoms with van der Waals surface area (Å²) in [6, 6.07) is 11.9. The lowest BCUT2D eigenvalue weighted by Gasteiger charge is -2.50. The van der Waals surface area contributed by atoms with E-state index in [1.165, 1.54) is 23.3 Å². The third kappa shape index (κ3) is 4.10. The Hall–Kier alpha value is -2.58. The van der Waals surface area contributed by atoms with Gasteiger partial charge in [-0.1, -0.05) is 13.0 Å². The minimum absolute atomic E-state index is 0.0413. The number of nitrogens with two attached hydrogens (primary N) is 1. The molecule has 0 saturated heterocycles. The summed E-state index contributed by atoms with van der Waals surface area (Å²) in [4.78, 5) is 12.9. The largest absolute Gasteiger partial charge is 0.508 e. The second-order valence-electron chi connectivity index (χ2n) is 10.0. The van der Waals surface area contributed by atoms with Gasteiger partial charge in [-0.15, -0.1) is 0 Å². The van der Waals surface area contributed by atoms with E-state index in [-0.39, 0.29) is 17.5 Å². The standard InChI is InChI=1S/C25H30N2O5S/c1-25-13-12-20-19-9-7-18(28)14-16(19)4-8-21(20)22(25)10-11-23(25)32-24(29)15-2-5-17(6-3-15)27-33(26,30)31/h2-3,5-7,9,14,20-23,27-28H,4,8,10-13H2,1H3,(H2,26,30,31)/t20-,21-,22+,23+,25+/m1/s1. The van der Waals surface area contributed by atoms with Crippen molar-refractivity contribution in [2.45, 2.75) is 57.5 Å². The lowest BCUT2D eigenvalue weighted by molar-refractivity contribution is -0.0427. The average molecular weight is 471 g/mol. The van der Waals surface area contributed by atoms with Crippen LogP contribution in [0.2, 0.25) is 0 Å². The molecule has 3 aliphatic carbocycles. The van der Waals surface area contributed by atoms with Crippen molar-refractivity contribution in [3.05, 3.63) is 59.2 Å². The van der Waals surface area contributed by atoms with Crippen molar-refractivity contribution in [1.82, 2.24) is 0 Å². The number of carbonyl (C=O) groups excluding carboxylic acids is 1. The van der Waals surface area contributed by atoms with Gasteiger partial charge >= 0.3 is 5.97 Å². The number of aryl methyl sites for hydroxylation is 1. The van der Waals surface area contributed by atoms with Gasteiger partial charge in [-0.25, -0.2) is 9.93 Å². The zero-order valence-corrected chi connectivity index (χ0v) is 19.5. The molecule has 0 radical (unpaired) electrons. The number of benzene rings is 2. The first-order valence-corrected chi connectivity index (χ1v) is 13.1. The number of carbonyl (C=O) groups is 1. The molecule has 4 N–H and O–H groups in total. The molecule has 2 aromatic carbocycles. The van der Waals surface area contributed by atoms with Crippen LogP contribution < -0.4 is 9.86 Å². The van der Waals surface area contributed by atoms with Crippen molar-refractivity contribution in [2.24, 2.45) is 22.4 Å². The molecule has 0 amide bonds. The molecule has 0 spiro atoms. The Morgan fingerprint density at radius 1 is 1.12 bits per heavy atom. The summed E-state index contributed by atoms with van der Waals surface area (Å²) in [5.41, 5.74) is 3.31. The molecule has 2 saturated carbocycles. The Morgan fingerprint density at radius 2 is 1.88 bits per heavy atom. The first kappa shape index (κ1) is 22.2. The van der Waals surface area contributed by atoms with Crippen LogP contribution in [0.15, 0.2) is 42.5 Å². The second-order valence-corrected chi connectivity index (χ2v) is 11.3. The third-order valence-corrected chi connectivity index (χ3v) is 8.77. The summed E-state index contributed by atoms with van der Waals surface area (Å²) in [7, 11) is -3.86. The lowest BCUT2D eigenvalue weighted by atomic mass is 9.55. The average Bonchev–Trinajstić information content (AvgIpc) is 3.09. The van der Waals surface area contributed by atoms with Gasteiger partial charge in [0.1, 0.15) is 11.9 Å². The molecule has 176 valence electrons. The van der Waals surface area contributed by atoms with E-state index < -0.39 is 10.2 Å². The van der Waals surface area contributed by atoms with Crippen LogP contribution in [0.1, 0.15) is 66.4 Å². The van der Waals surface area contributed by atoms with E-state index in [1.54, 1.807) is 18.2 Å². The van der Waals surface area contributed by atoms with Crippen LogP contribution in [0.5, 0.6) is 5.75 Å². The third-order valence-electron chi connectivity index (χ3n) is 8.25. The highest BCUT2D eigenvalue weighted by molar-refractivity contribution is 7.90. The fourth-order valence-corrected chi connectivity index (χ4v) is 7.21. The van der Waals surface area contributed by atoms with E-state index in [2.05, 4.69) is 17.7 Å². The van der Waals surface area contributed by atoms with Crippen LogP contribution in [-0.4, -0.2) is 25.6 Å². The molecular weight excluding hydrogens is 440 g/mol. The van der Waals surface area contributed by atoms with Crippen molar-refractivity contribution >= 4 is 21.9 Å². The van der Waals surface area contributed by atoms with Gasteiger partial charge in [-0.05, 0) is 104 Å². The van der Waals surface area contributed by atoms with Crippen molar-refractivity contribution in [2.75, 3.05) is 4.72 Å². The number of ether oxygens (including phenoxy) is 1. The summed E-state index contributed by atoms with van der Waals surface area (Å²) in [6.07, 6.45) is 5.97. The maximum atomic E-state index is 12.9. The number of hydrogen-bond acceptors (Lipinski definition) is 5. The Morgan fingerprint density at radius 3 is 2.61 bits per heavy atom. The number of phenolic OH excluding ortho intramolecular Hbond substituents is 1. The number of rotatable bonds is 4. The van der Waals surface area contributed by atoms with Crippen LogP contribution in [0, 0.1) is 17.3 Å². The Balaban J connectivity index is 1.30. The lowest BCUT2D eigenvalue weighted by Crippen LogP contribution is -2.45. The molecule has 5 atom stereocenters. The number of hydrogen-bond donors (Lipinski definition) is 3. The van der Waals surface area contributed by atoms with E-state index in [1.807, 2.05) is 6.07 Å². The molecule has 3 aliphatic rings. The quantitative estimate of drug-likeness (QED) is 0.582. The van der Waals surface area contributed by atoms with E-state index in [9.17, 15) is 18.3 Å². The summed E-state index contributed by atoms with van der Waals surface area (Å²) >= 11 is 0. The molecule has 0 aromatic heterocycles. The number of anilines is 1. The molecule has 2 fully saturated rings. The van der Waals surface area contributed by atoms with Crippen molar-refractivity contribution in [3.63, 3.8) is 0 Å². The minimum Gasteiger partial charge on any atom is -0.508 e. The van der Waals surface area contributed by atoms with Crippen LogP contribution >= 0.6 is 0 Å². The van der Waals surface area contributed by atoms with E-state index in [0.717, 1.165) is 38.5 Å². The molecule has 0 aliphatic heterocycles. The first-order valence-electron chi connectivity index (χ1n) is 11.6. The maximum absolute atomic E-state index is 12.9. The molecule has 0 heterocycles. The predicted molar refractivity (Wildman–Crippen MR) is 125 cm³/mol. The number of phenols is 1. The van der Waals surface area contributed by atoms with Gasteiger partial charge in [0.15, 0.2) is 0 Å². The maximum Gasteiger partial charge on any atom is 0.338 e. The molecular formula is C25H30N2O5S. The Kier molecular flexibility index (Phi) is 5.40. The summed E-state index contributed by atoms with van der Waals surface area (Å²) in [5, 5.41) is 14.9. The topological polar surface area (TPSA) is 119 Å². The fourth-order valence-electron chi connectivity index (χ4n) is 6.75. The van der Waals surface area contributed by atoms with Crippen molar-refractivity contribution in [3.8, 4) is 5.75 Å². The molecule has 0 unspecified atom stereocenters. The van der Waals surface area contributed by atoms with E-state index >= 15 is 0 Å². The molecule has 7 nitrogen and oxygen atoms in total. The van der Waals surface area contributed by atoms with Crippen LogP contribution in [0.4, 0.5) is 5.69 Å². The van der Waals surface area contributed by atoms with Gasteiger partial charge in [0.25, 0.3) is 10.2 Å². The Bertz CT molecular complexity index is 1180. The molecule has 5 rings (SSSR count). The second kappa shape index (κ2) is 8.02. The SMILES string of the molecule is C[C@]12CC[C@@H]3c4ccc(O)cc4CC[C@H]3[C@@H]1CC[C@@H]2OC(=O)c1ccc(NS(N)(=O)=O)cc1. The number of aromatic hydroxyl groups is 1. The highest BCUT2D eigenvalue weighted by Crippen LogP contribution is 2.61. The van der Waals surface area contributed by atoms with Gasteiger partial charge < -0.3 is 9.84 Å². The van der Waals surface area contributed by atoms with Crippen LogP contribution in [0.25, 0.3) is 0 Å². The van der Waals surface area contributed by atoms with Crippen molar-refractivity contribution in [1.29, 1.82) is 0 Å². The molecule has 2 aromatic rings. The zero-order chi connectivity index (χ0) is 23.4. The number of esters is 1. The van der Waals surface area contributed by atoms with Gasteiger partial charge in [-0.3, -0.25) is 4.72 Å². The highest BCUT2D eigenvalue weighted by Gasteiger charge is 2.56. The first-order chi connectivity index (χ1) is 15.6. The van der Waals surface area contributed by atoms with Gasteiger partial charge in [0.05, 0.1) is 5.56 Å². The zero-order valence-electron chi connectivity index (χ0n) is 18.7. The molecule has 0 bridgehead atoms. The summed E-state index contributed by atoms with van der Waals surface area (Å²) in [5.74, 6) is 1.57. The summed E-state index contributed by atoms with van der Waals surface area (Å²) < 4.78 is 30.6. The minimum atomic E-state index is -3.86.